The topological polar surface area (TPSA) is 6.48 Å². The molecule has 0 unspecified atom stereocenters. The number of rotatable bonds is 4. The average molecular weight is 220 g/mol. The van der Waals surface area contributed by atoms with E-state index in [1.54, 1.807) is 10.8 Å². The van der Waals surface area contributed by atoms with Crippen molar-refractivity contribution >= 4 is 22.5 Å². The zero-order valence-corrected chi connectivity index (χ0v) is 10.3. The molecule has 0 spiro atoms. The highest BCUT2D eigenvalue weighted by Crippen LogP contribution is 2.15. The van der Waals surface area contributed by atoms with E-state index in [0.717, 1.165) is 11.8 Å². The van der Waals surface area contributed by atoms with Crippen LogP contribution in [0, 0.1) is 0 Å². The molecule has 1 fully saturated rings. The lowest BCUT2D eigenvalue weighted by molar-refractivity contribution is 0.151. The van der Waals surface area contributed by atoms with Crippen LogP contribution in [0.2, 0.25) is 0 Å². The smallest absolute Gasteiger partial charge is 0.0162 e. The molecule has 0 radical (unpaired) electrons. The summed E-state index contributed by atoms with van der Waals surface area (Å²) in [4.78, 5) is 4.90. The number of thiol groups is 1. The second-order valence-electron chi connectivity index (χ2n) is 3.87. The van der Waals surface area contributed by atoms with E-state index in [1.165, 1.54) is 32.5 Å². The van der Waals surface area contributed by atoms with Crippen molar-refractivity contribution in [1.29, 1.82) is 0 Å². The maximum Gasteiger partial charge on any atom is 0.0162 e. The van der Waals surface area contributed by atoms with Crippen molar-refractivity contribution in [3.63, 3.8) is 0 Å². The fraction of sp³-hybridized carbons (Fsp3) is 1.00. The molecule has 1 heterocycles. The van der Waals surface area contributed by atoms with E-state index in [1.807, 2.05) is 0 Å². The highest BCUT2D eigenvalue weighted by molar-refractivity contribution is 8.68. The van der Waals surface area contributed by atoms with Gasteiger partial charge >= 0.3 is 0 Å². The Bertz CT molecular complexity index is 134. The summed E-state index contributed by atoms with van der Waals surface area (Å²) in [5.41, 5.74) is 0. The van der Waals surface area contributed by atoms with Gasteiger partial charge in [-0.25, -0.2) is 0 Å². The second kappa shape index (κ2) is 6.17. The van der Waals surface area contributed by atoms with Crippen molar-refractivity contribution in [2.45, 2.75) is 18.9 Å². The lowest BCUT2D eigenvalue weighted by atomic mass is 10.0. The number of hydrogen-bond acceptors (Lipinski definition) is 4. The molecule has 13 heavy (non-hydrogen) atoms. The molecule has 2 nitrogen and oxygen atoms in total. The van der Waals surface area contributed by atoms with Gasteiger partial charge in [-0.3, -0.25) is 0 Å². The summed E-state index contributed by atoms with van der Waals surface area (Å²) in [6, 6.07) is 0.805. The van der Waals surface area contributed by atoms with E-state index < -0.39 is 0 Å². The fourth-order valence-electron chi connectivity index (χ4n) is 1.83. The Morgan fingerprint density at radius 3 is 2.46 bits per heavy atom. The average Bonchev–Trinajstić information content (AvgIpc) is 2.15. The van der Waals surface area contributed by atoms with Gasteiger partial charge in [0.1, 0.15) is 0 Å². The van der Waals surface area contributed by atoms with Gasteiger partial charge in [0, 0.05) is 18.3 Å². The molecule has 1 aliphatic rings. The molecule has 0 saturated carbocycles. The Morgan fingerprint density at radius 1 is 1.38 bits per heavy atom. The third-order valence-corrected chi connectivity index (χ3v) is 3.70. The summed E-state index contributed by atoms with van der Waals surface area (Å²) >= 11 is 4.15. The normalized spacial score (nSPS) is 21.2. The van der Waals surface area contributed by atoms with Crippen LogP contribution in [-0.2, 0) is 0 Å². The first-order chi connectivity index (χ1) is 6.24. The molecule has 0 aromatic rings. The first-order valence-corrected chi connectivity index (χ1v) is 6.93. The van der Waals surface area contributed by atoms with Gasteiger partial charge in [-0.2, -0.15) is 0 Å². The fourth-order valence-corrected chi connectivity index (χ4v) is 2.41. The molecule has 1 rings (SSSR count). The van der Waals surface area contributed by atoms with Crippen LogP contribution in [0.4, 0.5) is 0 Å². The summed E-state index contributed by atoms with van der Waals surface area (Å²) in [6.45, 7) is 3.72. The van der Waals surface area contributed by atoms with Gasteiger partial charge in [-0.15, -0.1) is 11.7 Å². The van der Waals surface area contributed by atoms with Crippen molar-refractivity contribution in [2.24, 2.45) is 0 Å². The predicted octanol–water partition coefficient (Wildman–Crippen LogP) is 1.59. The molecule has 0 aliphatic carbocycles. The summed E-state index contributed by atoms with van der Waals surface area (Å²) in [7, 11) is 6.01. The summed E-state index contributed by atoms with van der Waals surface area (Å²) in [5, 5.41) is 0. The Hall–Kier alpha value is 0.620. The van der Waals surface area contributed by atoms with Crippen LogP contribution in [0.25, 0.3) is 0 Å². The third-order valence-electron chi connectivity index (χ3n) is 2.79. The first-order valence-electron chi connectivity index (χ1n) is 4.89. The van der Waals surface area contributed by atoms with E-state index >= 15 is 0 Å². The van der Waals surface area contributed by atoms with Crippen molar-refractivity contribution in [3.05, 3.63) is 0 Å². The molecule has 0 N–H and O–H groups in total. The lowest BCUT2D eigenvalue weighted by Gasteiger charge is -2.34. The van der Waals surface area contributed by atoms with Crippen molar-refractivity contribution in [3.8, 4) is 0 Å². The van der Waals surface area contributed by atoms with Gasteiger partial charge in [-0.1, -0.05) is 10.8 Å². The van der Waals surface area contributed by atoms with Gasteiger partial charge in [0.15, 0.2) is 0 Å². The van der Waals surface area contributed by atoms with Gasteiger partial charge < -0.3 is 9.80 Å². The molecule has 78 valence electrons. The minimum atomic E-state index is 0.805. The molecule has 0 aromatic heterocycles. The van der Waals surface area contributed by atoms with Crippen LogP contribution >= 0.6 is 22.5 Å². The minimum Gasteiger partial charge on any atom is -0.306 e. The highest BCUT2D eigenvalue weighted by Gasteiger charge is 2.19. The van der Waals surface area contributed by atoms with Gasteiger partial charge in [0.2, 0.25) is 0 Å². The molecule has 1 aliphatic heterocycles. The van der Waals surface area contributed by atoms with Crippen LogP contribution in [0.1, 0.15) is 12.8 Å². The zero-order valence-electron chi connectivity index (χ0n) is 8.57. The van der Waals surface area contributed by atoms with E-state index in [9.17, 15) is 0 Å². The Kier molecular flexibility index (Phi) is 5.55. The van der Waals surface area contributed by atoms with Crippen LogP contribution in [0.15, 0.2) is 0 Å². The van der Waals surface area contributed by atoms with Crippen LogP contribution < -0.4 is 0 Å². The third kappa shape index (κ3) is 4.11. The van der Waals surface area contributed by atoms with E-state index in [0.29, 0.717) is 0 Å². The van der Waals surface area contributed by atoms with Crippen molar-refractivity contribution < 1.29 is 0 Å². The Morgan fingerprint density at radius 2 is 2.00 bits per heavy atom. The zero-order chi connectivity index (χ0) is 9.68. The molecule has 0 bridgehead atoms. The molecular formula is C9H20N2S2. The van der Waals surface area contributed by atoms with Crippen molar-refractivity contribution in [1.82, 2.24) is 9.80 Å². The van der Waals surface area contributed by atoms with Gasteiger partial charge in [-0.05, 0) is 40.0 Å². The predicted molar refractivity (Wildman–Crippen MR) is 64.6 cm³/mol. The highest BCUT2D eigenvalue weighted by atomic mass is 33.1. The molecule has 0 amide bonds. The first kappa shape index (κ1) is 11.7. The molecular weight excluding hydrogens is 200 g/mol. The van der Waals surface area contributed by atoms with Gasteiger partial charge in [0.05, 0.1) is 0 Å². The van der Waals surface area contributed by atoms with Crippen LogP contribution in [0.5, 0.6) is 0 Å². The molecule has 4 heteroatoms. The second-order valence-corrected chi connectivity index (χ2v) is 5.31. The van der Waals surface area contributed by atoms with Crippen LogP contribution in [-0.4, -0.2) is 55.3 Å². The summed E-state index contributed by atoms with van der Waals surface area (Å²) in [5.74, 6) is 1.15. The molecule has 0 atom stereocenters. The maximum absolute atomic E-state index is 4.15. The summed E-state index contributed by atoms with van der Waals surface area (Å²) < 4.78 is 0. The Labute approximate surface area is 90.9 Å². The number of hydrogen-bond donors (Lipinski definition) is 1. The van der Waals surface area contributed by atoms with E-state index in [-0.39, 0.29) is 0 Å². The van der Waals surface area contributed by atoms with E-state index in [4.69, 9.17) is 0 Å². The molecule has 0 aromatic carbocycles. The summed E-state index contributed by atoms with van der Waals surface area (Å²) in [6.07, 6.45) is 2.65. The molecule has 1 saturated heterocycles. The van der Waals surface area contributed by atoms with Crippen molar-refractivity contribution in [2.75, 3.05) is 39.5 Å². The number of nitrogens with zero attached hydrogens (tertiary/aromatic N) is 2. The number of likely N-dealkylation sites (tertiary alicyclic amines) is 1. The monoisotopic (exact) mass is 220 g/mol. The van der Waals surface area contributed by atoms with E-state index in [2.05, 4.69) is 35.6 Å². The number of piperidine rings is 1. The standard InChI is InChI=1S/C9H20N2S2/c1-10(2)9-3-5-11(6-4-9)7-8-13-12/h9,12H,3-8H2,1-2H3. The lowest BCUT2D eigenvalue weighted by Crippen LogP contribution is -2.42. The minimum absolute atomic E-state index is 0.805. The maximum atomic E-state index is 4.15. The quantitative estimate of drug-likeness (QED) is 0.568. The van der Waals surface area contributed by atoms with Gasteiger partial charge in [0.25, 0.3) is 0 Å². The largest absolute Gasteiger partial charge is 0.306 e. The SMILES string of the molecule is CN(C)C1CCN(CCSS)CC1. The van der Waals surface area contributed by atoms with Crippen LogP contribution in [0.3, 0.4) is 0 Å². The Balaban J connectivity index is 2.15.